The van der Waals surface area contributed by atoms with Crippen molar-refractivity contribution in [1.82, 2.24) is 25.4 Å². The molecule has 0 spiro atoms. The Labute approximate surface area is 184 Å². The third-order valence-corrected chi connectivity index (χ3v) is 5.38. The molecule has 0 atom stereocenters. The van der Waals surface area contributed by atoms with E-state index >= 15 is 0 Å². The molecule has 8 heteroatoms. The van der Waals surface area contributed by atoms with Gasteiger partial charge in [0.2, 0.25) is 11.8 Å². The van der Waals surface area contributed by atoms with E-state index in [1.165, 1.54) is 5.56 Å². The lowest BCUT2D eigenvalue weighted by molar-refractivity contribution is -0.130. The molecule has 1 saturated heterocycles. The van der Waals surface area contributed by atoms with Crippen molar-refractivity contribution in [2.75, 3.05) is 40.3 Å². The molecular weight excluding hydrogens is 392 g/mol. The summed E-state index contributed by atoms with van der Waals surface area (Å²) >= 11 is 0. The zero-order valence-electron chi connectivity index (χ0n) is 19.0. The summed E-state index contributed by atoms with van der Waals surface area (Å²) in [5.41, 5.74) is 2.96. The topological polar surface area (TPSA) is 86.0 Å². The third-order valence-electron chi connectivity index (χ3n) is 5.38. The highest BCUT2D eigenvalue weighted by atomic mass is 16.3. The van der Waals surface area contributed by atoms with Crippen molar-refractivity contribution < 1.29 is 9.21 Å². The summed E-state index contributed by atoms with van der Waals surface area (Å²) in [6.45, 7) is 7.64. The maximum atomic E-state index is 11.9. The average molecular weight is 427 g/mol. The Morgan fingerprint density at radius 3 is 2.61 bits per heavy atom. The number of piperidine rings is 1. The summed E-state index contributed by atoms with van der Waals surface area (Å²) in [6.07, 6.45) is 3.63. The largest absolute Gasteiger partial charge is 0.444 e. The molecule has 2 aromatic rings. The van der Waals surface area contributed by atoms with Gasteiger partial charge in [-0.05, 0) is 38.8 Å². The first-order chi connectivity index (χ1) is 14.9. The number of rotatable bonds is 7. The number of carbonyl (C=O) groups is 1. The fourth-order valence-corrected chi connectivity index (χ4v) is 3.45. The Bertz CT molecular complexity index is 866. The number of likely N-dealkylation sites (tertiary alicyclic amines) is 1. The van der Waals surface area contributed by atoms with Crippen molar-refractivity contribution in [3.8, 4) is 11.5 Å². The minimum Gasteiger partial charge on any atom is -0.444 e. The van der Waals surface area contributed by atoms with Crippen LogP contribution in [0.1, 0.15) is 31.0 Å². The van der Waals surface area contributed by atoms with Crippen LogP contribution >= 0.6 is 0 Å². The van der Waals surface area contributed by atoms with Crippen LogP contribution in [0.2, 0.25) is 0 Å². The maximum Gasteiger partial charge on any atom is 0.236 e. The van der Waals surface area contributed by atoms with E-state index in [0.29, 0.717) is 25.0 Å². The number of hydrogen-bond donors (Lipinski definition) is 2. The molecule has 2 N–H and O–H groups in total. The van der Waals surface area contributed by atoms with E-state index < -0.39 is 0 Å². The minimum atomic E-state index is 0.152. The molecule has 0 unspecified atom stereocenters. The van der Waals surface area contributed by atoms with E-state index in [4.69, 9.17) is 4.42 Å². The highest BCUT2D eigenvalue weighted by Gasteiger charge is 2.22. The standard InChI is InChI=1S/C23H34N6O2/c1-5-24-23(27-19-10-12-29(13-11-19)15-21(30)28(3)4)25-14-20-16-31-22(26-20)18-8-6-17(2)7-9-18/h6-9,16,19H,5,10-15H2,1-4H3,(H2,24,25,27). The molecule has 31 heavy (non-hydrogen) atoms. The van der Waals surface area contributed by atoms with Gasteiger partial charge in [-0.1, -0.05) is 17.7 Å². The van der Waals surface area contributed by atoms with Crippen LogP contribution in [-0.4, -0.2) is 73.0 Å². The van der Waals surface area contributed by atoms with Gasteiger partial charge in [-0.25, -0.2) is 9.98 Å². The summed E-state index contributed by atoms with van der Waals surface area (Å²) in [7, 11) is 3.60. The fourth-order valence-electron chi connectivity index (χ4n) is 3.45. The smallest absolute Gasteiger partial charge is 0.236 e. The van der Waals surface area contributed by atoms with E-state index in [9.17, 15) is 4.79 Å². The van der Waals surface area contributed by atoms with Crippen LogP contribution in [0.5, 0.6) is 0 Å². The number of amides is 1. The van der Waals surface area contributed by atoms with E-state index in [2.05, 4.69) is 39.4 Å². The summed E-state index contributed by atoms with van der Waals surface area (Å²) in [4.78, 5) is 25.0. The van der Waals surface area contributed by atoms with Crippen molar-refractivity contribution in [1.29, 1.82) is 0 Å². The Balaban J connectivity index is 1.53. The molecule has 1 amide bonds. The van der Waals surface area contributed by atoms with Crippen molar-refractivity contribution in [2.24, 2.45) is 4.99 Å². The number of nitrogens with zero attached hydrogens (tertiary/aromatic N) is 4. The summed E-state index contributed by atoms with van der Waals surface area (Å²) in [5.74, 6) is 1.55. The molecule has 0 saturated carbocycles. The molecule has 1 fully saturated rings. The van der Waals surface area contributed by atoms with Crippen LogP contribution < -0.4 is 10.6 Å². The first kappa shape index (κ1) is 22.8. The van der Waals surface area contributed by atoms with Crippen LogP contribution in [0.3, 0.4) is 0 Å². The number of guanidine groups is 1. The second-order valence-corrected chi connectivity index (χ2v) is 8.19. The van der Waals surface area contributed by atoms with Crippen molar-refractivity contribution in [2.45, 2.75) is 39.3 Å². The van der Waals surface area contributed by atoms with Gasteiger partial charge in [-0.15, -0.1) is 0 Å². The summed E-state index contributed by atoms with van der Waals surface area (Å²) < 4.78 is 5.64. The minimum absolute atomic E-state index is 0.152. The molecule has 0 bridgehead atoms. The highest BCUT2D eigenvalue weighted by Crippen LogP contribution is 2.19. The van der Waals surface area contributed by atoms with Gasteiger partial charge in [-0.3, -0.25) is 9.69 Å². The normalized spacial score (nSPS) is 15.7. The lowest BCUT2D eigenvalue weighted by Gasteiger charge is -2.33. The molecule has 1 aromatic carbocycles. The SMILES string of the molecule is CCNC(=NCc1coc(-c2ccc(C)cc2)n1)NC1CCN(CC(=O)N(C)C)CC1. The third kappa shape index (κ3) is 6.82. The van der Waals surface area contributed by atoms with Crippen LogP contribution in [0.25, 0.3) is 11.5 Å². The van der Waals surface area contributed by atoms with E-state index in [1.54, 1.807) is 25.3 Å². The fraction of sp³-hybridized carbons (Fsp3) is 0.522. The Kier molecular flexibility index (Phi) is 8.06. The lowest BCUT2D eigenvalue weighted by atomic mass is 10.1. The van der Waals surface area contributed by atoms with Gasteiger partial charge in [0, 0.05) is 45.3 Å². The molecule has 0 radical (unpaired) electrons. The summed E-state index contributed by atoms with van der Waals surface area (Å²) in [6, 6.07) is 8.46. The predicted molar refractivity (Wildman–Crippen MR) is 123 cm³/mol. The number of carbonyl (C=O) groups excluding carboxylic acids is 1. The first-order valence-corrected chi connectivity index (χ1v) is 10.9. The van der Waals surface area contributed by atoms with Gasteiger partial charge < -0.3 is 20.0 Å². The zero-order chi connectivity index (χ0) is 22.2. The number of aromatic nitrogens is 1. The van der Waals surface area contributed by atoms with E-state index in [-0.39, 0.29) is 5.91 Å². The Morgan fingerprint density at radius 2 is 1.97 bits per heavy atom. The van der Waals surface area contributed by atoms with Crippen molar-refractivity contribution in [3.63, 3.8) is 0 Å². The molecule has 2 heterocycles. The quantitative estimate of drug-likeness (QED) is 0.522. The van der Waals surface area contributed by atoms with Gasteiger partial charge >= 0.3 is 0 Å². The number of hydrogen-bond acceptors (Lipinski definition) is 5. The summed E-state index contributed by atoms with van der Waals surface area (Å²) in [5, 5.41) is 6.84. The van der Waals surface area contributed by atoms with Gasteiger partial charge in [0.15, 0.2) is 5.96 Å². The average Bonchev–Trinajstić information content (AvgIpc) is 3.23. The molecule has 8 nitrogen and oxygen atoms in total. The zero-order valence-corrected chi connectivity index (χ0v) is 19.0. The van der Waals surface area contributed by atoms with Gasteiger partial charge in [0.05, 0.1) is 13.1 Å². The van der Waals surface area contributed by atoms with Crippen LogP contribution in [0.15, 0.2) is 39.9 Å². The van der Waals surface area contributed by atoms with Crippen LogP contribution in [-0.2, 0) is 11.3 Å². The van der Waals surface area contributed by atoms with Gasteiger partial charge in [0.25, 0.3) is 0 Å². The maximum absolute atomic E-state index is 11.9. The molecule has 3 rings (SSSR count). The monoisotopic (exact) mass is 426 g/mol. The van der Waals surface area contributed by atoms with Crippen LogP contribution in [0.4, 0.5) is 0 Å². The molecule has 1 aliphatic heterocycles. The number of benzene rings is 1. The van der Waals surface area contributed by atoms with Gasteiger partial charge in [0.1, 0.15) is 12.0 Å². The van der Waals surface area contributed by atoms with Crippen molar-refractivity contribution in [3.05, 3.63) is 41.8 Å². The lowest BCUT2D eigenvalue weighted by Crippen LogP contribution is -2.50. The number of oxazole rings is 1. The molecule has 1 aromatic heterocycles. The molecule has 1 aliphatic rings. The predicted octanol–water partition coefficient (Wildman–Crippen LogP) is 2.26. The molecule has 0 aliphatic carbocycles. The van der Waals surface area contributed by atoms with Crippen molar-refractivity contribution >= 4 is 11.9 Å². The first-order valence-electron chi connectivity index (χ1n) is 10.9. The second-order valence-electron chi connectivity index (χ2n) is 8.19. The number of aliphatic imine (C=N–C) groups is 1. The Morgan fingerprint density at radius 1 is 1.26 bits per heavy atom. The second kappa shape index (κ2) is 10.9. The molecular formula is C23H34N6O2. The highest BCUT2D eigenvalue weighted by molar-refractivity contribution is 5.80. The Hall–Kier alpha value is -2.87. The molecule has 168 valence electrons. The van der Waals surface area contributed by atoms with E-state index in [0.717, 1.165) is 49.7 Å². The van der Waals surface area contributed by atoms with E-state index in [1.807, 2.05) is 24.3 Å². The van der Waals surface area contributed by atoms with Crippen LogP contribution in [0, 0.1) is 6.92 Å². The number of nitrogens with one attached hydrogen (secondary N) is 2. The number of likely N-dealkylation sites (N-methyl/N-ethyl adjacent to an activating group) is 1. The number of aryl methyl sites for hydroxylation is 1. The van der Waals surface area contributed by atoms with Gasteiger partial charge in [-0.2, -0.15) is 0 Å².